The lowest BCUT2D eigenvalue weighted by Crippen LogP contribution is -2.35. The molecule has 0 aliphatic heterocycles. The van der Waals surface area contributed by atoms with E-state index >= 15 is 0 Å². The Bertz CT molecular complexity index is 377. The molecule has 1 rings (SSSR count). The third-order valence-electron chi connectivity index (χ3n) is 2.77. The van der Waals surface area contributed by atoms with E-state index in [1.807, 2.05) is 0 Å². The van der Waals surface area contributed by atoms with E-state index in [1.54, 1.807) is 11.3 Å². The molecule has 0 spiro atoms. The van der Waals surface area contributed by atoms with Gasteiger partial charge in [0.1, 0.15) is 0 Å². The summed E-state index contributed by atoms with van der Waals surface area (Å²) >= 11 is 1.75. The van der Waals surface area contributed by atoms with Gasteiger partial charge in [0.25, 0.3) is 0 Å². The summed E-state index contributed by atoms with van der Waals surface area (Å²) in [5.74, 6) is 0.655. The van der Waals surface area contributed by atoms with Gasteiger partial charge in [-0.1, -0.05) is 13.8 Å². The number of rotatable bonds is 6. The minimum Gasteiger partial charge on any atom is -0.345 e. The Hall–Kier alpha value is -0.610. The number of thiazole rings is 1. The highest BCUT2D eigenvalue weighted by atomic mass is 32.1. The zero-order valence-electron chi connectivity index (χ0n) is 13.4. The van der Waals surface area contributed by atoms with Gasteiger partial charge in [-0.3, -0.25) is 0 Å². The topological polar surface area (TPSA) is 28.2 Å². The fourth-order valence-electron chi connectivity index (χ4n) is 1.77. The first-order chi connectivity index (χ1) is 8.69. The van der Waals surface area contributed by atoms with Crippen molar-refractivity contribution in [3.05, 3.63) is 11.1 Å². The molecule has 19 heavy (non-hydrogen) atoms. The number of hydrogen-bond donors (Lipinski definition) is 1. The van der Waals surface area contributed by atoms with Crippen molar-refractivity contribution in [1.82, 2.24) is 10.3 Å². The van der Waals surface area contributed by atoms with Crippen LogP contribution in [0.5, 0.6) is 0 Å². The van der Waals surface area contributed by atoms with Gasteiger partial charge in [0, 0.05) is 30.1 Å². The maximum atomic E-state index is 4.77. The lowest BCUT2D eigenvalue weighted by molar-refractivity contribution is 0.421. The smallest absolute Gasteiger partial charge is 0.185 e. The van der Waals surface area contributed by atoms with Crippen LogP contribution in [0.15, 0.2) is 5.38 Å². The van der Waals surface area contributed by atoms with Gasteiger partial charge in [-0.25, -0.2) is 4.98 Å². The van der Waals surface area contributed by atoms with Crippen molar-refractivity contribution in [2.75, 3.05) is 11.4 Å². The summed E-state index contributed by atoms with van der Waals surface area (Å²) < 4.78 is 0. The first-order valence-electron chi connectivity index (χ1n) is 7.15. The summed E-state index contributed by atoms with van der Waals surface area (Å²) in [6.45, 7) is 17.4. The Labute approximate surface area is 122 Å². The number of aromatic nitrogens is 1. The molecule has 1 N–H and O–H groups in total. The van der Waals surface area contributed by atoms with E-state index in [2.05, 4.69) is 64.1 Å². The minimum atomic E-state index is 0.138. The molecule has 0 aliphatic rings. The highest BCUT2D eigenvalue weighted by molar-refractivity contribution is 7.13. The van der Waals surface area contributed by atoms with E-state index in [0.29, 0.717) is 12.0 Å². The highest BCUT2D eigenvalue weighted by Crippen LogP contribution is 2.23. The number of anilines is 1. The summed E-state index contributed by atoms with van der Waals surface area (Å²) in [4.78, 5) is 7.17. The van der Waals surface area contributed by atoms with Gasteiger partial charge >= 0.3 is 0 Å². The first kappa shape index (κ1) is 16.4. The molecule has 0 amide bonds. The zero-order valence-corrected chi connectivity index (χ0v) is 14.3. The second-order valence-electron chi connectivity index (χ2n) is 6.86. The molecule has 110 valence electrons. The van der Waals surface area contributed by atoms with E-state index in [1.165, 1.54) is 0 Å². The number of nitrogens with zero attached hydrogens (tertiary/aromatic N) is 2. The van der Waals surface area contributed by atoms with Crippen molar-refractivity contribution in [2.45, 2.75) is 66.6 Å². The molecule has 1 aromatic heterocycles. The molecule has 0 unspecified atom stereocenters. The molecule has 0 saturated heterocycles. The third kappa shape index (κ3) is 5.91. The Kier molecular flexibility index (Phi) is 5.81. The lowest BCUT2D eigenvalue weighted by atomic mass is 10.1. The van der Waals surface area contributed by atoms with Crippen LogP contribution in [0.2, 0.25) is 0 Å². The molecule has 0 atom stereocenters. The molecule has 0 aromatic carbocycles. The maximum Gasteiger partial charge on any atom is 0.185 e. The average Bonchev–Trinajstić information content (AvgIpc) is 2.70. The summed E-state index contributed by atoms with van der Waals surface area (Å²) in [5, 5.41) is 6.80. The van der Waals surface area contributed by atoms with Crippen molar-refractivity contribution >= 4 is 16.5 Å². The van der Waals surface area contributed by atoms with Crippen LogP contribution in [0.1, 0.15) is 54.2 Å². The minimum absolute atomic E-state index is 0.138. The quantitative estimate of drug-likeness (QED) is 0.858. The average molecular weight is 283 g/mol. The lowest BCUT2D eigenvalue weighted by Gasteiger charge is -2.27. The third-order valence-corrected chi connectivity index (χ3v) is 3.70. The first-order valence-corrected chi connectivity index (χ1v) is 8.03. The van der Waals surface area contributed by atoms with Gasteiger partial charge in [-0.2, -0.15) is 0 Å². The standard InChI is InChI=1S/C15H29N3S/c1-11(2)9-18(12(3)4)14-17-13(10-19-14)8-16-15(5,6)7/h10-12,16H,8-9H2,1-7H3. The van der Waals surface area contributed by atoms with Crippen molar-refractivity contribution in [3.8, 4) is 0 Å². The van der Waals surface area contributed by atoms with Crippen LogP contribution in [0.3, 0.4) is 0 Å². The predicted octanol–water partition coefficient (Wildman–Crippen LogP) is 3.90. The Morgan fingerprint density at radius 3 is 2.37 bits per heavy atom. The van der Waals surface area contributed by atoms with Crippen molar-refractivity contribution < 1.29 is 0 Å². The van der Waals surface area contributed by atoms with Crippen LogP contribution >= 0.6 is 11.3 Å². The second kappa shape index (κ2) is 6.71. The zero-order chi connectivity index (χ0) is 14.6. The molecule has 4 heteroatoms. The van der Waals surface area contributed by atoms with Gasteiger partial charge in [-0.05, 0) is 40.5 Å². The molecule has 0 bridgehead atoms. The maximum absolute atomic E-state index is 4.77. The van der Waals surface area contributed by atoms with Gasteiger partial charge in [0.15, 0.2) is 5.13 Å². The Morgan fingerprint density at radius 1 is 1.26 bits per heavy atom. The normalized spacial score (nSPS) is 12.5. The van der Waals surface area contributed by atoms with Crippen molar-refractivity contribution in [3.63, 3.8) is 0 Å². The molecule has 0 aliphatic carbocycles. The van der Waals surface area contributed by atoms with Crippen LogP contribution in [-0.2, 0) is 6.54 Å². The molecule has 1 aromatic rings. The molecule has 3 nitrogen and oxygen atoms in total. The predicted molar refractivity (Wildman–Crippen MR) is 86.0 cm³/mol. The Balaban J connectivity index is 2.70. The fourth-order valence-corrected chi connectivity index (χ4v) is 2.74. The largest absolute Gasteiger partial charge is 0.345 e. The molecule has 1 heterocycles. The molecule has 0 saturated carbocycles. The van der Waals surface area contributed by atoms with E-state index in [4.69, 9.17) is 4.98 Å². The monoisotopic (exact) mass is 283 g/mol. The summed E-state index contributed by atoms with van der Waals surface area (Å²) in [7, 11) is 0. The van der Waals surface area contributed by atoms with Crippen molar-refractivity contribution in [1.29, 1.82) is 0 Å². The molecular weight excluding hydrogens is 254 g/mol. The van der Waals surface area contributed by atoms with E-state index in [9.17, 15) is 0 Å². The molecular formula is C15H29N3S. The number of nitrogens with one attached hydrogen (secondary N) is 1. The van der Waals surface area contributed by atoms with Crippen molar-refractivity contribution in [2.24, 2.45) is 5.92 Å². The van der Waals surface area contributed by atoms with Crippen LogP contribution in [0.25, 0.3) is 0 Å². The van der Waals surface area contributed by atoms with Gasteiger partial charge < -0.3 is 10.2 Å². The SMILES string of the molecule is CC(C)CN(c1nc(CNC(C)(C)C)cs1)C(C)C. The van der Waals surface area contributed by atoms with Gasteiger partial charge in [0.2, 0.25) is 0 Å². The van der Waals surface area contributed by atoms with Crippen LogP contribution in [-0.4, -0.2) is 23.1 Å². The van der Waals surface area contributed by atoms with Gasteiger partial charge in [0.05, 0.1) is 5.69 Å². The highest BCUT2D eigenvalue weighted by Gasteiger charge is 2.16. The second-order valence-corrected chi connectivity index (χ2v) is 7.70. The summed E-state index contributed by atoms with van der Waals surface area (Å²) in [6, 6.07) is 0.497. The number of hydrogen-bond acceptors (Lipinski definition) is 4. The van der Waals surface area contributed by atoms with E-state index < -0.39 is 0 Å². The van der Waals surface area contributed by atoms with Gasteiger partial charge in [-0.15, -0.1) is 11.3 Å². The van der Waals surface area contributed by atoms with Crippen LogP contribution < -0.4 is 10.2 Å². The van der Waals surface area contributed by atoms with Crippen LogP contribution in [0, 0.1) is 5.92 Å². The van der Waals surface area contributed by atoms with E-state index in [0.717, 1.165) is 23.9 Å². The summed E-state index contributed by atoms with van der Waals surface area (Å²) in [6.07, 6.45) is 0. The molecule has 0 radical (unpaired) electrons. The Morgan fingerprint density at radius 2 is 1.89 bits per heavy atom. The molecule has 0 fully saturated rings. The van der Waals surface area contributed by atoms with E-state index in [-0.39, 0.29) is 5.54 Å². The fraction of sp³-hybridized carbons (Fsp3) is 0.800. The summed E-state index contributed by atoms with van der Waals surface area (Å²) in [5.41, 5.74) is 1.28. The van der Waals surface area contributed by atoms with Crippen LogP contribution in [0.4, 0.5) is 5.13 Å².